The van der Waals surface area contributed by atoms with Crippen LogP contribution in [0.2, 0.25) is 15.1 Å². The van der Waals surface area contributed by atoms with Gasteiger partial charge in [0.25, 0.3) is 0 Å². The second-order valence-corrected chi connectivity index (χ2v) is 9.41. The first kappa shape index (κ1) is 22.6. The van der Waals surface area contributed by atoms with Crippen molar-refractivity contribution in [2.75, 3.05) is 18.4 Å². The summed E-state index contributed by atoms with van der Waals surface area (Å²) in [6.45, 7) is 2.05. The zero-order valence-corrected chi connectivity index (χ0v) is 20.1. The van der Waals surface area contributed by atoms with Crippen molar-refractivity contribution in [1.82, 2.24) is 15.0 Å². The monoisotopic (exact) mass is 542 g/mol. The minimum absolute atomic E-state index is 0.00972. The number of nitrogens with zero attached hydrogens (tertiary/aromatic N) is 3. The van der Waals surface area contributed by atoms with Crippen molar-refractivity contribution >= 4 is 62.3 Å². The van der Waals surface area contributed by atoms with Crippen molar-refractivity contribution in [3.05, 3.63) is 61.8 Å². The molecule has 1 N–H and O–H groups in total. The molecule has 10 heteroatoms. The van der Waals surface area contributed by atoms with Crippen LogP contribution in [0, 0.1) is 5.92 Å². The van der Waals surface area contributed by atoms with Crippen molar-refractivity contribution in [3.63, 3.8) is 0 Å². The van der Waals surface area contributed by atoms with Gasteiger partial charge in [-0.3, -0.25) is 9.69 Å². The number of nitrogens with one attached hydrogen (secondary N) is 1. The first-order chi connectivity index (χ1) is 14.9. The lowest BCUT2D eigenvalue weighted by Crippen LogP contribution is -2.37. The van der Waals surface area contributed by atoms with E-state index in [0.717, 1.165) is 30.4 Å². The first-order valence-electron chi connectivity index (χ1n) is 9.65. The highest BCUT2D eigenvalue weighted by molar-refractivity contribution is 9.10. The van der Waals surface area contributed by atoms with Crippen molar-refractivity contribution < 1.29 is 9.32 Å². The fourth-order valence-electron chi connectivity index (χ4n) is 3.46. The van der Waals surface area contributed by atoms with Gasteiger partial charge in [-0.2, -0.15) is 4.98 Å². The number of rotatable bonds is 5. The zero-order valence-electron chi connectivity index (χ0n) is 16.2. The van der Waals surface area contributed by atoms with E-state index in [1.807, 2.05) is 12.1 Å². The molecule has 4 rings (SSSR count). The van der Waals surface area contributed by atoms with Gasteiger partial charge in [0.15, 0.2) is 0 Å². The Labute approximate surface area is 203 Å². The lowest BCUT2D eigenvalue weighted by atomic mass is 9.96. The van der Waals surface area contributed by atoms with Gasteiger partial charge < -0.3 is 9.84 Å². The molecule has 6 nitrogen and oxygen atoms in total. The molecule has 1 aromatic heterocycles. The number of likely N-dealkylation sites (tertiary alicyclic amines) is 1. The van der Waals surface area contributed by atoms with Crippen LogP contribution in [0.3, 0.4) is 0 Å². The Hall–Kier alpha value is -1.64. The predicted molar refractivity (Wildman–Crippen MR) is 126 cm³/mol. The molecule has 1 amide bonds. The van der Waals surface area contributed by atoms with Gasteiger partial charge in [0.05, 0.1) is 16.6 Å². The van der Waals surface area contributed by atoms with Crippen molar-refractivity contribution in [3.8, 4) is 11.4 Å². The van der Waals surface area contributed by atoms with Crippen molar-refractivity contribution in [1.29, 1.82) is 0 Å². The largest absolute Gasteiger partial charge is 0.338 e. The summed E-state index contributed by atoms with van der Waals surface area (Å²) >= 11 is 21.6. The number of amides is 1. The molecular formula is C21H18BrCl3N4O2. The molecule has 1 aliphatic rings. The number of benzene rings is 2. The topological polar surface area (TPSA) is 71.3 Å². The van der Waals surface area contributed by atoms with Gasteiger partial charge in [0.2, 0.25) is 17.6 Å². The molecule has 0 radical (unpaired) electrons. The summed E-state index contributed by atoms with van der Waals surface area (Å²) < 4.78 is 6.19. The molecule has 0 spiro atoms. The van der Waals surface area contributed by atoms with E-state index in [-0.39, 0.29) is 11.8 Å². The van der Waals surface area contributed by atoms with Gasteiger partial charge >= 0.3 is 0 Å². The van der Waals surface area contributed by atoms with Gasteiger partial charge in [0.1, 0.15) is 0 Å². The highest BCUT2D eigenvalue weighted by atomic mass is 79.9. The maximum absolute atomic E-state index is 12.6. The predicted octanol–water partition coefficient (Wildman–Crippen LogP) is 6.31. The molecule has 2 heterocycles. The van der Waals surface area contributed by atoms with Crippen LogP contribution in [-0.4, -0.2) is 34.0 Å². The normalized spacial score (nSPS) is 15.2. The van der Waals surface area contributed by atoms with Crippen LogP contribution in [0.15, 0.2) is 45.4 Å². The molecule has 0 atom stereocenters. The third-order valence-electron chi connectivity index (χ3n) is 5.14. The Kier molecular flexibility index (Phi) is 7.19. The zero-order chi connectivity index (χ0) is 22.0. The van der Waals surface area contributed by atoms with Crippen LogP contribution in [0.25, 0.3) is 11.4 Å². The second-order valence-electron chi connectivity index (χ2n) is 7.30. The maximum Gasteiger partial charge on any atom is 0.241 e. The quantitative estimate of drug-likeness (QED) is 0.408. The first-order valence-corrected chi connectivity index (χ1v) is 11.6. The number of halogens is 4. The Balaban J connectivity index is 1.30. The summed E-state index contributed by atoms with van der Waals surface area (Å²) in [5, 5.41) is 8.56. The van der Waals surface area contributed by atoms with E-state index >= 15 is 0 Å². The summed E-state index contributed by atoms with van der Waals surface area (Å²) in [6, 6.07) is 10.5. The average molecular weight is 545 g/mol. The number of aromatic nitrogens is 2. The Morgan fingerprint density at radius 1 is 1.13 bits per heavy atom. The number of piperidine rings is 1. The average Bonchev–Trinajstić information content (AvgIpc) is 3.19. The van der Waals surface area contributed by atoms with E-state index in [4.69, 9.17) is 39.3 Å². The Bertz CT molecular complexity index is 1100. The third kappa shape index (κ3) is 5.59. The van der Waals surface area contributed by atoms with Crippen LogP contribution in [0.1, 0.15) is 18.7 Å². The summed E-state index contributed by atoms with van der Waals surface area (Å²) in [7, 11) is 0. The van der Waals surface area contributed by atoms with E-state index in [0.29, 0.717) is 44.6 Å². The fraction of sp³-hybridized carbons (Fsp3) is 0.286. The Morgan fingerprint density at radius 3 is 2.61 bits per heavy atom. The van der Waals surface area contributed by atoms with E-state index < -0.39 is 0 Å². The molecule has 31 heavy (non-hydrogen) atoms. The number of carbonyl (C=O) groups is 1. The summed E-state index contributed by atoms with van der Waals surface area (Å²) in [5.74, 6) is 0.896. The molecule has 1 aliphatic heterocycles. The molecule has 0 bridgehead atoms. The van der Waals surface area contributed by atoms with Crippen LogP contribution in [0.5, 0.6) is 0 Å². The molecular weight excluding hydrogens is 527 g/mol. The maximum atomic E-state index is 12.6. The SMILES string of the molecule is O=C(Nc1ccc(Br)c(Cl)c1)C1CCN(Cc2nc(-c3ccc(Cl)cc3Cl)no2)CC1. The molecule has 0 unspecified atom stereocenters. The standard InChI is InChI=1S/C21H18BrCl3N4O2/c22-16-4-2-14(10-18(16)25)26-21(30)12-5-7-29(8-6-12)11-19-27-20(28-31-19)15-3-1-13(23)9-17(15)24/h1-4,9-10,12H,5-8,11H2,(H,26,30). The van der Waals surface area contributed by atoms with Gasteiger partial charge in [0, 0.05) is 26.7 Å². The molecule has 1 fully saturated rings. The minimum atomic E-state index is -0.0511. The molecule has 1 saturated heterocycles. The van der Waals surface area contributed by atoms with Crippen molar-refractivity contribution in [2.45, 2.75) is 19.4 Å². The van der Waals surface area contributed by atoms with E-state index in [1.54, 1.807) is 24.3 Å². The molecule has 162 valence electrons. The fourth-order valence-corrected chi connectivity index (χ4v) is 4.38. The molecule has 3 aromatic rings. The van der Waals surface area contributed by atoms with Crippen LogP contribution >= 0.6 is 50.7 Å². The smallest absolute Gasteiger partial charge is 0.241 e. The number of carbonyl (C=O) groups excluding carboxylic acids is 1. The highest BCUT2D eigenvalue weighted by Crippen LogP contribution is 2.29. The third-order valence-corrected chi connectivity index (χ3v) is 6.92. The lowest BCUT2D eigenvalue weighted by Gasteiger charge is -2.30. The van der Waals surface area contributed by atoms with Gasteiger partial charge in [-0.1, -0.05) is 40.0 Å². The van der Waals surface area contributed by atoms with Crippen molar-refractivity contribution in [2.24, 2.45) is 5.92 Å². The molecule has 2 aromatic carbocycles. The second kappa shape index (κ2) is 9.88. The van der Waals surface area contributed by atoms with Gasteiger partial charge in [-0.25, -0.2) is 0 Å². The van der Waals surface area contributed by atoms with Crippen LogP contribution < -0.4 is 5.32 Å². The number of hydrogen-bond donors (Lipinski definition) is 1. The summed E-state index contributed by atoms with van der Waals surface area (Å²) in [6.07, 6.45) is 1.50. The molecule has 0 aliphatic carbocycles. The van der Waals surface area contributed by atoms with E-state index in [1.165, 1.54) is 0 Å². The van der Waals surface area contributed by atoms with Crippen LogP contribution in [0.4, 0.5) is 5.69 Å². The van der Waals surface area contributed by atoms with Gasteiger partial charge in [-0.05, 0) is 78.3 Å². The summed E-state index contributed by atoms with van der Waals surface area (Å²) in [4.78, 5) is 19.2. The van der Waals surface area contributed by atoms with E-state index in [2.05, 4.69) is 36.3 Å². The van der Waals surface area contributed by atoms with Gasteiger partial charge in [-0.15, -0.1) is 0 Å². The van der Waals surface area contributed by atoms with Crippen LogP contribution in [-0.2, 0) is 11.3 Å². The lowest BCUT2D eigenvalue weighted by molar-refractivity contribution is -0.121. The number of anilines is 1. The minimum Gasteiger partial charge on any atom is -0.338 e. The molecule has 0 saturated carbocycles. The highest BCUT2D eigenvalue weighted by Gasteiger charge is 2.26. The number of hydrogen-bond acceptors (Lipinski definition) is 5. The Morgan fingerprint density at radius 2 is 1.90 bits per heavy atom. The summed E-state index contributed by atoms with van der Waals surface area (Å²) in [5.41, 5.74) is 1.37. The van der Waals surface area contributed by atoms with E-state index in [9.17, 15) is 4.79 Å².